The van der Waals surface area contributed by atoms with Gasteiger partial charge in [0.1, 0.15) is 23.6 Å². The second-order valence-electron chi connectivity index (χ2n) is 13.1. The van der Waals surface area contributed by atoms with E-state index in [4.69, 9.17) is 31.0 Å². The molecule has 0 aliphatic carbocycles. The van der Waals surface area contributed by atoms with Gasteiger partial charge in [-0.3, -0.25) is 9.88 Å². The van der Waals surface area contributed by atoms with Crippen LogP contribution in [0, 0.1) is 5.82 Å². The maximum Gasteiger partial charge on any atom is 0.406 e. The molecule has 2 N–H and O–H groups in total. The Labute approximate surface area is 271 Å². The Bertz CT molecular complexity index is 1810. The number of alkyl carbamates (subject to hydrolysis) is 1. The summed E-state index contributed by atoms with van der Waals surface area (Å²) in [6.07, 6.45) is 7.39. The van der Waals surface area contributed by atoms with Crippen LogP contribution in [-0.4, -0.2) is 89.5 Å². The van der Waals surface area contributed by atoms with Crippen LogP contribution in [0.5, 0.6) is 6.01 Å². The van der Waals surface area contributed by atoms with Gasteiger partial charge in [0, 0.05) is 59.9 Å². The van der Waals surface area contributed by atoms with Gasteiger partial charge in [0.25, 0.3) is 0 Å². The summed E-state index contributed by atoms with van der Waals surface area (Å²) in [4.78, 5) is 30.7. The molecule has 0 spiro atoms. The average Bonchev–Trinajstić information content (AvgIpc) is 3.75. The number of anilines is 1. The normalized spacial score (nSPS) is 25.7. The molecule has 4 unspecified atom stereocenters. The monoisotopic (exact) mass is 645 g/mol. The summed E-state index contributed by atoms with van der Waals surface area (Å²) in [5.74, 6) is 0.131. The third-order valence-electron chi connectivity index (χ3n) is 10.4. The molecule has 0 radical (unpaired) electrons. The molecule has 12 heteroatoms. The Hall–Kier alpha value is -3.80. The molecule has 4 aliphatic heterocycles. The summed E-state index contributed by atoms with van der Waals surface area (Å²) < 4.78 is 28.0. The Balaban J connectivity index is 1.17. The summed E-state index contributed by atoms with van der Waals surface area (Å²) in [6.45, 7) is 3.39. The van der Waals surface area contributed by atoms with Crippen LogP contribution in [0.1, 0.15) is 38.5 Å². The van der Waals surface area contributed by atoms with Crippen molar-refractivity contribution in [2.24, 2.45) is 0 Å². The first kappa shape index (κ1) is 29.6. The van der Waals surface area contributed by atoms with Crippen molar-refractivity contribution in [3.8, 4) is 17.3 Å². The number of hydrogen-bond donors (Lipinski definition) is 2. The van der Waals surface area contributed by atoms with Crippen molar-refractivity contribution in [3.63, 3.8) is 0 Å². The van der Waals surface area contributed by atoms with Crippen molar-refractivity contribution in [2.45, 2.75) is 62.2 Å². The van der Waals surface area contributed by atoms with Gasteiger partial charge in [-0.1, -0.05) is 41.9 Å². The van der Waals surface area contributed by atoms with E-state index in [1.54, 1.807) is 6.20 Å². The van der Waals surface area contributed by atoms with E-state index in [0.29, 0.717) is 47.0 Å². The fraction of sp³-hybridized carbons (Fsp3) is 0.471. The Morgan fingerprint density at radius 2 is 1.93 bits per heavy atom. The Morgan fingerprint density at radius 3 is 2.74 bits per heavy atom. The van der Waals surface area contributed by atoms with Crippen molar-refractivity contribution in [2.75, 3.05) is 44.8 Å². The van der Waals surface area contributed by atoms with E-state index in [2.05, 4.69) is 25.4 Å². The number of carbonyl (C=O) groups excluding carboxylic acids is 1. The lowest BCUT2D eigenvalue weighted by Crippen LogP contribution is -2.51. The van der Waals surface area contributed by atoms with Crippen molar-refractivity contribution in [3.05, 3.63) is 53.4 Å². The summed E-state index contributed by atoms with van der Waals surface area (Å²) >= 11 is 6.63. The molecule has 6 heterocycles. The van der Waals surface area contributed by atoms with Crippen LogP contribution in [0.15, 0.2) is 42.6 Å². The third kappa shape index (κ3) is 5.09. The van der Waals surface area contributed by atoms with Gasteiger partial charge in [-0.25, -0.2) is 9.18 Å². The number of ether oxygens (including phenoxy) is 2. The van der Waals surface area contributed by atoms with Gasteiger partial charge in [-0.15, -0.1) is 0 Å². The van der Waals surface area contributed by atoms with Gasteiger partial charge < -0.3 is 25.0 Å². The van der Waals surface area contributed by atoms with E-state index in [0.717, 1.165) is 68.9 Å². The minimum absolute atomic E-state index is 0.165. The van der Waals surface area contributed by atoms with E-state index in [1.165, 1.54) is 7.11 Å². The zero-order valence-corrected chi connectivity index (χ0v) is 26.5. The molecular weight excluding hydrogens is 609 g/mol. The van der Waals surface area contributed by atoms with Crippen LogP contribution >= 0.6 is 11.6 Å². The van der Waals surface area contributed by atoms with E-state index >= 15 is 4.39 Å². The van der Waals surface area contributed by atoms with Crippen molar-refractivity contribution in [1.29, 1.82) is 0 Å². The molecular formula is C34H37ClFN7O3. The smallest absolute Gasteiger partial charge is 0.406 e. The maximum absolute atomic E-state index is 16.8. The minimum atomic E-state index is -0.521. The fourth-order valence-electron chi connectivity index (χ4n) is 8.28. The molecule has 4 saturated heterocycles. The number of pyridine rings is 1. The molecule has 8 rings (SSSR count). The number of nitrogens with zero attached hydrogens (tertiary/aromatic N) is 5. The highest BCUT2D eigenvalue weighted by molar-refractivity contribution is 6.36. The number of methoxy groups -OCH3 is 1. The maximum atomic E-state index is 16.8. The predicted octanol–water partition coefficient (Wildman–Crippen LogP) is 5.31. The molecule has 4 aromatic rings. The fourth-order valence-corrected chi connectivity index (χ4v) is 8.56. The zero-order valence-electron chi connectivity index (χ0n) is 25.8. The highest BCUT2D eigenvalue weighted by Crippen LogP contribution is 2.43. The van der Waals surface area contributed by atoms with Gasteiger partial charge in [0.2, 0.25) is 0 Å². The molecule has 4 fully saturated rings. The van der Waals surface area contributed by atoms with Gasteiger partial charge >= 0.3 is 12.1 Å². The summed E-state index contributed by atoms with van der Waals surface area (Å²) in [7, 11) is 1.38. The van der Waals surface area contributed by atoms with Crippen molar-refractivity contribution in [1.82, 2.24) is 30.5 Å². The number of aromatic nitrogens is 3. The van der Waals surface area contributed by atoms with Gasteiger partial charge in [0.05, 0.1) is 18.0 Å². The number of piperazine rings is 1. The van der Waals surface area contributed by atoms with Crippen LogP contribution in [0.2, 0.25) is 5.02 Å². The van der Waals surface area contributed by atoms with Crippen molar-refractivity contribution < 1.29 is 18.7 Å². The molecule has 240 valence electrons. The lowest BCUT2D eigenvalue weighted by atomic mass is 9.95. The topological polar surface area (TPSA) is 105 Å². The lowest BCUT2D eigenvalue weighted by Gasteiger charge is -2.35. The number of nitrogens with one attached hydrogen (secondary N) is 2. The van der Waals surface area contributed by atoms with Crippen LogP contribution in [-0.2, 0) is 4.74 Å². The van der Waals surface area contributed by atoms with E-state index in [1.807, 2.05) is 36.4 Å². The highest BCUT2D eigenvalue weighted by atomic mass is 35.5. The minimum Gasteiger partial charge on any atom is -0.461 e. The van der Waals surface area contributed by atoms with Gasteiger partial charge in [-0.05, 0) is 56.5 Å². The van der Waals surface area contributed by atoms with Crippen LogP contribution in [0.25, 0.3) is 32.9 Å². The van der Waals surface area contributed by atoms with Crippen LogP contribution in [0.3, 0.4) is 0 Å². The van der Waals surface area contributed by atoms with Gasteiger partial charge in [0.15, 0.2) is 5.82 Å². The van der Waals surface area contributed by atoms with E-state index < -0.39 is 11.9 Å². The second kappa shape index (κ2) is 11.8. The molecule has 2 aromatic carbocycles. The number of carbonyl (C=O) groups is 1. The number of amides is 1. The first-order chi connectivity index (χ1) is 22.4. The number of rotatable bonds is 7. The summed E-state index contributed by atoms with van der Waals surface area (Å²) in [5.41, 5.74) is 0.812. The first-order valence-electron chi connectivity index (χ1n) is 16.2. The van der Waals surface area contributed by atoms with E-state index in [-0.39, 0.29) is 28.8 Å². The first-order valence-corrected chi connectivity index (χ1v) is 16.6. The standard InChI is InChI=1S/C34H37ClFN7O3/c1-45-33(44)38-15-23-11-13-34(12-4-14-43(23)34)19-46-32-40-30-25(31(41-32)42-17-21-9-10-22(18-42)39-21)16-37-29(28(30)36)24-7-2-5-20-6-3-8-26(35)27(20)24/h2-3,5-8,16,21-23,39H,4,9-15,17-19H2,1H3,(H,38,44). The van der Waals surface area contributed by atoms with E-state index in [9.17, 15) is 4.79 Å². The molecule has 46 heavy (non-hydrogen) atoms. The second-order valence-corrected chi connectivity index (χ2v) is 13.5. The third-order valence-corrected chi connectivity index (χ3v) is 10.8. The number of hydrogen-bond acceptors (Lipinski definition) is 9. The molecule has 4 atom stereocenters. The lowest BCUT2D eigenvalue weighted by molar-refractivity contribution is 0.0835. The SMILES string of the molecule is COC(=O)NCC1CCC2(COc3nc(N4CC5CCC(C4)N5)c4cnc(-c5cccc6cccc(Cl)c56)c(F)c4n3)CCCN12. The molecule has 2 bridgehead atoms. The number of fused-ring (bicyclic) bond motifs is 5. The molecule has 4 aliphatic rings. The quantitative estimate of drug-likeness (QED) is 0.277. The Kier molecular flexibility index (Phi) is 7.57. The molecule has 1 amide bonds. The van der Waals surface area contributed by atoms with Crippen LogP contribution in [0.4, 0.5) is 15.0 Å². The zero-order chi connectivity index (χ0) is 31.4. The number of halogens is 2. The number of benzene rings is 2. The van der Waals surface area contributed by atoms with Crippen molar-refractivity contribution >= 4 is 45.2 Å². The predicted molar refractivity (Wildman–Crippen MR) is 175 cm³/mol. The molecule has 10 nitrogen and oxygen atoms in total. The molecule has 0 saturated carbocycles. The average molecular weight is 646 g/mol. The molecule has 2 aromatic heterocycles. The van der Waals surface area contributed by atoms with Gasteiger partial charge in [-0.2, -0.15) is 9.97 Å². The van der Waals surface area contributed by atoms with Crippen LogP contribution < -0.4 is 20.3 Å². The highest BCUT2D eigenvalue weighted by Gasteiger charge is 2.50. The Morgan fingerprint density at radius 1 is 1.13 bits per heavy atom. The largest absolute Gasteiger partial charge is 0.461 e. The summed E-state index contributed by atoms with van der Waals surface area (Å²) in [5, 5.41) is 9.29. The summed E-state index contributed by atoms with van der Waals surface area (Å²) in [6, 6.07) is 12.4.